The molecule has 0 aliphatic carbocycles. The van der Waals surface area contributed by atoms with Gasteiger partial charge >= 0.3 is 0 Å². The molecule has 2 N–H and O–H groups in total. The van der Waals surface area contributed by atoms with E-state index in [1.165, 1.54) is 22.8 Å². The van der Waals surface area contributed by atoms with Gasteiger partial charge in [-0.2, -0.15) is 0 Å². The fourth-order valence-electron chi connectivity index (χ4n) is 3.11. The van der Waals surface area contributed by atoms with Crippen molar-refractivity contribution < 1.29 is 22.8 Å². The number of nitrogens with one attached hydrogen (secondary N) is 2. The molecule has 3 aromatic carbocycles. The second kappa shape index (κ2) is 10.4. The molecule has 0 aliphatic heterocycles. The van der Waals surface area contributed by atoms with Crippen LogP contribution in [0.4, 0.5) is 13.2 Å². The molecule has 0 saturated heterocycles. The number of carbonyl (C=O) groups is 2. The predicted molar refractivity (Wildman–Crippen MR) is 124 cm³/mol. The summed E-state index contributed by atoms with van der Waals surface area (Å²) in [5, 5.41) is 7.67. The Morgan fingerprint density at radius 3 is 2.26 bits per heavy atom. The van der Waals surface area contributed by atoms with Gasteiger partial charge in [-0.1, -0.05) is 42.1 Å². The lowest BCUT2D eigenvalue weighted by atomic mass is 10.2. The van der Waals surface area contributed by atoms with Gasteiger partial charge in [-0.3, -0.25) is 25.0 Å². The number of halogens is 3. The molecule has 0 fully saturated rings. The van der Waals surface area contributed by atoms with E-state index in [0.29, 0.717) is 11.4 Å². The van der Waals surface area contributed by atoms with Crippen LogP contribution in [0.1, 0.15) is 17.3 Å². The van der Waals surface area contributed by atoms with E-state index >= 15 is 0 Å². The van der Waals surface area contributed by atoms with E-state index in [1.807, 2.05) is 6.07 Å². The topological polar surface area (TPSA) is 88.9 Å². The third-order valence-corrected chi connectivity index (χ3v) is 5.92. The highest BCUT2D eigenvalue weighted by Gasteiger charge is 2.24. The van der Waals surface area contributed by atoms with Crippen molar-refractivity contribution in [2.45, 2.75) is 17.3 Å². The Morgan fingerprint density at radius 2 is 1.57 bits per heavy atom. The SMILES string of the molecule is CC(Sc1nnc(-c2ccccc2)n1-c1ccc(F)cc1F)C(=O)NNC(=O)c1ccc(F)cc1. The van der Waals surface area contributed by atoms with Crippen LogP contribution in [-0.4, -0.2) is 31.8 Å². The fraction of sp³-hybridized carbons (Fsp3) is 0.0833. The zero-order valence-corrected chi connectivity index (χ0v) is 19.0. The summed E-state index contributed by atoms with van der Waals surface area (Å²) in [7, 11) is 0. The number of thioether (sulfide) groups is 1. The molecule has 1 unspecified atom stereocenters. The average Bonchev–Trinajstić information content (AvgIpc) is 3.26. The van der Waals surface area contributed by atoms with Crippen LogP contribution in [0.2, 0.25) is 0 Å². The molecule has 0 saturated carbocycles. The lowest BCUT2D eigenvalue weighted by Gasteiger charge is -2.15. The summed E-state index contributed by atoms with van der Waals surface area (Å²) in [5.74, 6) is -2.95. The van der Waals surface area contributed by atoms with Gasteiger partial charge in [0.2, 0.25) is 0 Å². The third-order valence-electron chi connectivity index (χ3n) is 4.87. The number of hydrogen-bond acceptors (Lipinski definition) is 5. The number of rotatable bonds is 6. The van der Waals surface area contributed by atoms with Gasteiger partial charge in [-0.05, 0) is 43.3 Å². The molecule has 4 rings (SSSR count). The molecule has 178 valence electrons. The number of hydrazine groups is 1. The van der Waals surface area contributed by atoms with Crippen LogP contribution >= 0.6 is 11.8 Å². The van der Waals surface area contributed by atoms with Crippen LogP contribution in [0.25, 0.3) is 17.1 Å². The quantitative estimate of drug-likeness (QED) is 0.307. The smallest absolute Gasteiger partial charge is 0.269 e. The zero-order valence-electron chi connectivity index (χ0n) is 18.2. The first-order valence-electron chi connectivity index (χ1n) is 10.3. The van der Waals surface area contributed by atoms with E-state index in [1.54, 1.807) is 31.2 Å². The molecule has 1 heterocycles. The Kier molecular flexibility index (Phi) is 7.16. The number of hydrogen-bond donors (Lipinski definition) is 2. The number of carbonyl (C=O) groups excluding carboxylic acids is 2. The predicted octanol–water partition coefficient (Wildman–Crippen LogP) is 4.29. The minimum atomic E-state index is -0.826. The van der Waals surface area contributed by atoms with Gasteiger partial charge in [0, 0.05) is 17.2 Å². The van der Waals surface area contributed by atoms with E-state index < -0.39 is 34.5 Å². The van der Waals surface area contributed by atoms with Crippen molar-refractivity contribution in [1.82, 2.24) is 25.6 Å². The Labute approximate surface area is 202 Å². The normalized spacial score (nSPS) is 11.7. The van der Waals surface area contributed by atoms with Gasteiger partial charge in [0.05, 0.1) is 10.9 Å². The van der Waals surface area contributed by atoms with Crippen molar-refractivity contribution >= 4 is 23.6 Å². The highest BCUT2D eigenvalue weighted by Crippen LogP contribution is 2.31. The molecule has 1 aromatic heterocycles. The highest BCUT2D eigenvalue weighted by atomic mass is 32.2. The minimum Gasteiger partial charge on any atom is -0.272 e. The summed E-state index contributed by atoms with van der Waals surface area (Å²) in [6.07, 6.45) is 0. The summed E-state index contributed by atoms with van der Waals surface area (Å²) in [6, 6.07) is 16.8. The second-order valence-corrected chi connectivity index (χ2v) is 8.62. The Balaban J connectivity index is 1.55. The first-order valence-corrected chi connectivity index (χ1v) is 11.2. The maximum atomic E-state index is 14.7. The van der Waals surface area contributed by atoms with Crippen molar-refractivity contribution in [2.75, 3.05) is 0 Å². The van der Waals surface area contributed by atoms with E-state index in [9.17, 15) is 22.8 Å². The van der Waals surface area contributed by atoms with Gasteiger partial charge in [0.15, 0.2) is 11.0 Å². The molecule has 1 atom stereocenters. The molecule has 0 radical (unpaired) electrons. The van der Waals surface area contributed by atoms with Crippen LogP contribution in [0.3, 0.4) is 0 Å². The highest BCUT2D eigenvalue weighted by molar-refractivity contribution is 8.00. The van der Waals surface area contributed by atoms with Gasteiger partial charge in [0.25, 0.3) is 11.8 Å². The number of aromatic nitrogens is 3. The van der Waals surface area contributed by atoms with Crippen LogP contribution in [0.15, 0.2) is 78.0 Å². The zero-order chi connectivity index (χ0) is 24.9. The summed E-state index contributed by atoms with van der Waals surface area (Å²) in [6.45, 7) is 1.56. The maximum Gasteiger partial charge on any atom is 0.269 e. The van der Waals surface area contributed by atoms with E-state index in [2.05, 4.69) is 21.0 Å². The van der Waals surface area contributed by atoms with Crippen molar-refractivity contribution in [1.29, 1.82) is 0 Å². The van der Waals surface area contributed by atoms with Crippen molar-refractivity contribution in [3.05, 3.63) is 95.8 Å². The van der Waals surface area contributed by atoms with Crippen molar-refractivity contribution in [3.63, 3.8) is 0 Å². The Hall–Kier alpha value is -4.12. The third kappa shape index (κ3) is 5.52. The molecule has 0 aliphatic rings. The molecule has 11 heteroatoms. The maximum absolute atomic E-state index is 14.7. The van der Waals surface area contributed by atoms with Crippen LogP contribution in [-0.2, 0) is 4.79 Å². The molecule has 2 amide bonds. The van der Waals surface area contributed by atoms with E-state index in [0.717, 1.165) is 36.0 Å². The molecular formula is C24H18F3N5O2S. The van der Waals surface area contributed by atoms with Crippen molar-refractivity contribution in [2.24, 2.45) is 0 Å². The van der Waals surface area contributed by atoms with Crippen LogP contribution in [0, 0.1) is 17.5 Å². The minimum absolute atomic E-state index is 0.00924. The standard InChI is InChI=1S/C24H18F3N5O2S/c1-14(22(33)29-30-23(34)16-7-9-17(25)10-8-16)35-24-31-28-21(15-5-3-2-4-6-15)32(24)20-12-11-18(26)13-19(20)27/h2-14H,1H3,(H,29,33)(H,30,34). The lowest BCUT2D eigenvalue weighted by molar-refractivity contribution is -0.121. The molecule has 0 spiro atoms. The van der Waals surface area contributed by atoms with Crippen LogP contribution < -0.4 is 10.9 Å². The first kappa shape index (κ1) is 24.0. The molecule has 0 bridgehead atoms. The second-order valence-electron chi connectivity index (χ2n) is 7.31. The number of nitrogens with zero attached hydrogens (tertiary/aromatic N) is 3. The van der Waals surface area contributed by atoms with Crippen LogP contribution in [0.5, 0.6) is 0 Å². The van der Waals surface area contributed by atoms with Gasteiger partial charge in [0.1, 0.15) is 17.5 Å². The Morgan fingerprint density at radius 1 is 0.886 bits per heavy atom. The molecule has 35 heavy (non-hydrogen) atoms. The summed E-state index contributed by atoms with van der Waals surface area (Å²) in [4.78, 5) is 24.7. The number of benzene rings is 3. The van der Waals surface area contributed by atoms with E-state index in [-0.39, 0.29) is 16.4 Å². The van der Waals surface area contributed by atoms with Gasteiger partial charge in [-0.15, -0.1) is 10.2 Å². The summed E-state index contributed by atoms with van der Waals surface area (Å²) >= 11 is 0.967. The Bertz CT molecular complexity index is 1360. The largest absolute Gasteiger partial charge is 0.272 e. The first-order chi connectivity index (χ1) is 16.8. The molecular weight excluding hydrogens is 479 g/mol. The van der Waals surface area contributed by atoms with Crippen molar-refractivity contribution in [3.8, 4) is 17.1 Å². The van der Waals surface area contributed by atoms with Gasteiger partial charge < -0.3 is 0 Å². The average molecular weight is 498 g/mol. The molecule has 4 aromatic rings. The monoisotopic (exact) mass is 497 g/mol. The van der Waals surface area contributed by atoms with E-state index in [4.69, 9.17) is 0 Å². The number of amides is 2. The molecule has 7 nitrogen and oxygen atoms in total. The fourth-order valence-corrected chi connectivity index (χ4v) is 3.97. The lowest BCUT2D eigenvalue weighted by Crippen LogP contribution is -2.45. The summed E-state index contributed by atoms with van der Waals surface area (Å²) < 4.78 is 42.7. The van der Waals surface area contributed by atoms with Gasteiger partial charge in [-0.25, -0.2) is 13.2 Å². The summed E-state index contributed by atoms with van der Waals surface area (Å²) in [5.41, 5.74) is 5.36.